The lowest BCUT2D eigenvalue weighted by Gasteiger charge is -1.96. The monoisotopic (exact) mass is 130 g/mol. The van der Waals surface area contributed by atoms with Gasteiger partial charge in [-0.1, -0.05) is 6.92 Å². The summed E-state index contributed by atoms with van der Waals surface area (Å²) in [5, 5.41) is 2.32. The summed E-state index contributed by atoms with van der Waals surface area (Å²) in [5.41, 5.74) is 4.74. The van der Waals surface area contributed by atoms with E-state index in [0.717, 1.165) is 0 Å². The highest BCUT2D eigenvalue weighted by molar-refractivity contribution is 5.83. The predicted molar refractivity (Wildman–Crippen MR) is 32.5 cm³/mol. The number of amides is 2. The Morgan fingerprint density at radius 3 is 2.44 bits per heavy atom. The summed E-state index contributed by atoms with van der Waals surface area (Å²) in [6.45, 7) is 1.64. The van der Waals surface area contributed by atoms with Gasteiger partial charge in [-0.15, -0.1) is 0 Å². The molecule has 0 saturated heterocycles. The Morgan fingerprint density at radius 1 is 1.56 bits per heavy atom. The van der Waals surface area contributed by atoms with Gasteiger partial charge >= 0.3 is 0 Å². The maximum Gasteiger partial charge on any atom is 0.236 e. The Hall–Kier alpha value is -1.06. The Morgan fingerprint density at radius 2 is 2.11 bits per heavy atom. The molecule has 52 valence electrons. The quantitative estimate of drug-likeness (QED) is 0.514. The van der Waals surface area contributed by atoms with E-state index in [4.69, 9.17) is 5.73 Å². The minimum Gasteiger partial charge on any atom is -0.368 e. The Kier molecular flexibility index (Phi) is 3.43. The van der Waals surface area contributed by atoms with Gasteiger partial charge < -0.3 is 11.1 Å². The van der Waals surface area contributed by atoms with Gasteiger partial charge in [0.15, 0.2) is 0 Å². The zero-order valence-corrected chi connectivity index (χ0v) is 5.31. The van der Waals surface area contributed by atoms with E-state index < -0.39 is 5.91 Å². The molecule has 0 saturated carbocycles. The first kappa shape index (κ1) is 7.94. The molecule has 3 N–H and O–H groups in total. The Balaban J connectivity index is 3.28. The number of carbonyl (C=O) groups excluding carboxylic acids is 2. The first-order valence-electron chi connectivity index (χ1n) is 2.71. The van der Waals surface area contributed by atoms with Crippen LogP contribution in [0.25, 0.3) is 0 Å². The van der Waals surface area contributed by atoms with Crippen molar-refractivity contribution in [2.24, 2.45) is 5.73 Å². The third-order valence-corrected chi connectivity index (χ3v) is 0.781. The fourth-order valence-corrected chi connectivity index (χ4v) is 0.311. The van der Waals surface area contributed by atoms with Crippen molar-refractivity contribution < 1.29 is 9.59 Å². The van der Waals surface area contributed by atoms with Gasteiger partial charge in [-0.2, -0.15) is 0 Å². The molecule has 0 rings (SSSR count). The number of rotatable bonds is 3. The molecule has 0 aromatic carbocycles. The summed E-state index contributed by atoms with van der Waals surface area (Å²) in [4.78, 5) is 20.4. The molecule has 0 aromatic rings. The summed E-state index contributed by atoms with van der Waals surface area (Å²) >= 11 is 0. The van der Waals surface area contributed by atoms with Gasteiger partial charge in [0.2, 0.25) is 11.8 Å². The maximum atomic E-state index is 10.4. The highest BCUT2D eigenvalue weighted by Gasteiger charge is 1.96. The summed E-state index contributed by atoms with van der Waals surface area (Å²) in [6, 6.07) is 0. The zero-order chi connectivity index (χ0) is 7.28. The molecule has 0 aliphatic carbocycles. The molecule has 0 spiro atoms. The number of hydrogen-bond donors (Lipinski definition) is 2. The average molecular weight is 130 g/mol. The summed E-state index contributed by atoms with van der Waals surface area (Å²) in [7, 11) is 0. The third kappa shape index (κ3) is 4.80. The highest BCUT2D eigenvalue weighted by Crippen LogP contribution is 1.71. The van der Waals surface area contributed by atoms with Crippen LogP contribution in [0, 0.1) is 0 Å². The van der Waals surface area contributed by atoms with Crippen molar-refractivity contribution in [3.63, 3.8) is 0 Å². The molecule has 0 heterocycles. The zero-order valence-electron chi connectivity index (χ0n) is 5.31. The lowest BCUT2D eigenvalue weighted by Crippen LogP contribution is -2.32. The highest BCUT2D eigenvalue weighted by atomic mass is 16.2. The summed E-state index contributed by atoms with van der Waals surface area (Å²) in [5.74, 6) is -0.675. The van der Waals surface area contributed by atoms with Gasteiger partial charge in [-0.05, 0) is 0 Å². The van der Waals surface area contributed by atoms with E-state index in [1.54, 1.807) is 6.92 Å². The molecule has 0 unspecified atom stereocenters. The summed E-state index contributed by atoms with van der Waals surface area (Å²) in [6.07, 6.45) is 0.382. The van der Waals surface area contributed by atoms with E-state index in [1.165, 1.54) is 0 Å². The molecule has 2 amide bonds. The molecule has 4 heteroatoms. The van der Waals surface area contributed by atoms with Crippen LogP contribution in [-0.4, -0.2) is 18.4 Å². The molecule has 4 nitrogen and oxygen atoms in total. The fourth-order valence-electron chi connectivity index (χ4n) is 0.311. The van der Waals surface area contributed by atoms with Gasteiger partial charge in [0.05, 0.1) is 6.54 Å². The van der Waals surface area contributed by atoms with E-state index >= 15 is 0 Å². The topological polar surface area (TPSA) is 72.2 Å². The largest absolute Gasteiger partial charge is 0.368 e. The molecular weight excluding hydrogens is 120 g/mol. The standard InChI is InChI=1S/C5H10N2O2/c1-2-5(9)7-3-4(6)8/h2-3H2,1H3,(H2,6,8)(H,7,9). The van der Waals surface area contributed by atoms with Crippen LogP contribution in [-0.2, 0) is 9.59 Å². The maximum absolute atomic E-state index is 10.4. The average Bonchev–Trinajstić information content (AvgIpc) is 1.83. The van der Waals surface area contributed by atoms with E-state index in [0.29, 0.717) is 6.42 Å². The number of hydrogen-bond acceptors (Lipinski definition) is 2. The van der Waals surface area contributed by atoms with Crippen LogP contribution in [0.1, 0.15) is 13.3 Å². The van der Waals surface area contributed by atoms with Crippen molar-refractivity contribution in [1.29, 1.82) is 0 Å². The van der Waals surface area contributed by atoms with Crippen molar-refractivity contribution in [2.75, 3.05) is 6.54 Å². The number of nitrogens with one attached hydrogen (secondary N) is 1. The van der Waals surface area contributed by atoms with Crippen LogP contribution in [0.2, 0.25) is 0 Å². The second kappa shape index (κ2) is 3.88. The van der Waals surface area contributed by atoms with Crippen molar-refractivity contribution in [3.05, 3.63) is 0 Å². The van der Waals surface area contributed by atoms with Crippen molar-refractivity contribution in [2.45, 2.75) is 13.3 Å². The van der Waals surface area contributed by atoms with E-state index in [9.17, 15) is 9.59 Å². The van der Waals surface area contributed by atoms with Crippen molar-refractivity contribution in [3.8, 4) is 0 Å². The van der Waals surface area contributed by atoms with Crippen molar-refractivity contribution >= 4 is 11.8 Å². The smallest absolute Gasteiger partial charge is 0.236 e. The molecule has 0 fully saturated rings. The van der Waals surface area contributed by atoms with E-state index in [1.807, 2.05) is 0 Å². The second-order valence-electron chi connectivity index (χ2n) is 1.60. The first-order valence-corrected chi connectivity index (χ1v) is 2.71. The molecule has 0 aliphatic heterocycles. The van der Waals surface area contributed by atoms with Crippen LogP contribution in [0.5, 0.6) is 0 Å². The predicted octanol–water partition coefficient (Wildman–Crippen LogP) is -1.00. The molecular formula is C5H10N2O2. The Bertz CT molecular complexity index is 122. The third-order valence-electron chi connectivity index (χ3n) is 0.781. The lowest BCUT2D eigenvalue weighted by atomic mass is 10.4. The van der Waals surface area contributed by atoms with Gasteiger partial charge in [-0.25, -0.2) is 0 Å². The lowest BCUT2D eigenvalue weighted by molar-refractivity contribution is -0.124. The molecule has 0 atom stereocenters. The second-order valence-corrected chi connectivity index (χ2v) is 1.60. The van der Waals surface area contributed by atoms with Gasteiger partial charge in [0.25, 0.3) is 0 Å². The Labute approximate surface area is 53.4 Å². The van der Waals surface area contributed by atoms with Crippen LogP contribution in [0.15, 0.2) is 0 Å². The number of primary amides is 1. The van der Waals surface area contributed by atoms with E-state index in [2.05, 4.69) is 5.32 Å². The van der Waals surface area contributed by atoms with Crippen LogP contribution < -0.4 is 11.1 Å². The summed E-state index contributed by atoms with van der Waals surface area (Å²) < 4.78 is 0. The minimum atomic E-state index is -0.517. The number of nitrogens with two attached hydrogens (primary N) is 1. The minimum absolute atomic E-state index is 0.0628. The molecule has 0 aromatic heterocycles. The van der Waals surface area contributed by atoms with Gasteiger partial charge in [0, 0.05) is 6.42 Å². The fraction of sp³-hybridized carbons (Fsp3) is 0.600. The van der Waals surface area contributed by atoms with Gasteiger partial charge in [0.1, 0.15) is 0 Å². The molecule has 0 aliphatic rings. The number of carbonyl (C=O) groups is 2. The molecule has 0 bridgehead atoms. The molecule has 0 radical (unpaired) electrons. The van der Waals surface area contributed by atoms with Crippen molar-refractivity contribution in [1.82, 2.24) is 5.32 Å². The van der Waals surface area contributed by atoms with Gasteiger partial charge in [-0.3, -0.25) is 9.59 Å². The van der Waals surface area contributed by atoms with E-state index in [-0.39, 0.29) is 12.5 Å². The van der Waals surface area contributed by atoms with Crippen LogP contribution in [0.4, 0.5) is 0 Å². The normalized spacial score (nSPS) is 8.56. The van der Waals surface area contributed by atoms with Crippen LogP contribution >= 0.6 is 0 Å². The SMILES string of the molecule is CCC(=O)NCC(N)=O. The van der Waals surface area contributed by atoms with Crippen LogP contribution in [0.3, 0.4) is 0 Å². The first-order chi connectivity index (χ1) is 4.16. The molecule has 9 heavy (non-hydrogen) atoms.